The lowest BCUT2D eigenvalue weighted by Gasteiger charge is -2.19. The van der Waals surface area contributed by atoms with Crippen LogP contribution in [0.3, 0.4) is 0 Å². The van der Waals surface area contributed by atoms with E-state index in [1.165, 1.54) is 12.1 Å². The van der Waals surface area contributed by atoms with Gasteiger partial charge in [0.15, 0.2) is 12.6 Å². The smallest absolute Gasteiger partial charge is 0.422 e. The molecule has 1 aromatic carbocycles. The number of anilines is 1. The van der Waals surface area contributed by atoms with E-state index in [1.54, 1.807) is 19.2 Å². The fourth-order valence-corrected chi connectivity index (χ4v) is 2.72. The van der Waals surface area contributed by atoms with Gasteiger partial charge in [0.05, 0.1) is 0 Å². The van der Waals surface area contributed by atoms with Crippen molar-refractivity contribution in [3.05, 3.63) is 53.7 Å². The first kappa shape index (κ1) is 26.8. The molecular formula is C21H29F3IN5O. The molecule has 1 aromatic heterocycles. The number of guanidine groups is 1. The predicted octanol–water partition coefficient (Wildman–Crippen LogP) is 4.35. The van der Waals surface area contributed by atoms with E-state index in [-0.39, 0.29) is 29.7 Å². The lowest BCUT2D eigenvalue weighted by atomic mass is 10.2. The van der Waals surface area contributed by atoms with Gasteiger partial charge in [0.1, 0.15) is 11.6 Å². The van der Waals surface area contributed by atoms with Crippen molar-refractivity contribution >= 4 is 35.8 Å². The monoisotopic (exact) mass is 551 g/mol. The van der Waals surface area contributed by atoms with Gasteiger partial charge in [0.2, 0.25) is 0 Å². The third-order valence-electron chi connectivity index (χ3n) is 4.37. The molecule has 0 atom stereocenters. The lowest BCUT2D eigenvalue weighted by molar-refractivity contribution is -0.153. The minimum atomic E-state index is -4.35. The van der Waals surface area contributed by atoms with Crippen molar-refractivity contribution in [3.8, 4) is 5.75 Å². The Balaban J connectivity index is 0.00000480. The zero-order chi connectivity index (χ0) is 22.0. The molecule has 0 bridgehead atoms. The average molecular weight is 551 g/mol. The molecule has 10 heteroatoms. The van der Waals surface area contributed by atoms with Crippen LogP contribution in [-0.4, -0.2) is 43.9 Å². The highest BCUT2D eigenvalue weighted by molar-refractivity contribution is 14.0. The number of pyridine rings is 1. The molecule has 2 rings (SSSR count). The van der Waals surface area contributed by atoms with E-state index < -0.39 is 12.8 Å². The number of alkyl halides is 3. The third-order valence-corrected chi connectivity index (χ3v) is 4.37. The van der Waals surface area contributed by atoms with Gasteiger partial charge in [0.25, 0.3) is 0 Å². The molecule has 0 unspecified atom stereocenters. The Labute approximate surface area is 198 Å². The van der Waals surface area contributed by atoms with Crippen LogP contribution >= 0.6 is 24.0 Å². The van der Waals surface area contributed by atoms with E-state index in [2.05, 4.69) is 39.4 Å². The normalized spacial score (nSPS) is 11.5. The molecule has 172 valence electrons. The van der Waals surface area contributed by atoms with E-state index in [0.717, 1.165) is 30.0 Å². The van der Waals surface area contributed by atoms with E-state index in [0.29, 0.717) is 19.0 Å². The maximum absolute atomic E-state index is 12.2. The van der Waals surface area contributed by atoms with Crippen molar-refractivity contribution in [2.24, 2.45) is 4.99 Å². The average Bonchev–Trinajstić information content (AvgIpc) is 2.74. The molecule has 0 aliphatic heterocycles. The summed E-state index contributed by atoms with van der Waals surface area (Å²) >= 11 is 0. The van der Waals surface area contributed by atoms with Crippen LogP contribution in [0, 0.1) is 0 Å². The van der Waals surface area contributed by atoms with Gasteiger partial charge in [-0.3, -0.25) is 4.99 Å². The Bertz CT molecular complexity index is 794. The van der Waals surface area contributed by atoms with Gasteiger partial charge < -0.3 is 20.3 Å². The minimum absolute atomic E-state index is 0. The summed E-state index contributed by atoms with van der Waals surface area (Å²) in [4.78, 5) is 10.9. The highest BCUT2D eigenvalue weighted by Gasteiger charge is 2.28. The molecule has 0 fully saturated rings. The van der Waals surface area contributed by atoms with Gasteiger partial charge in [-0.05, 0) is 43.2 Å². The molecule has 0 radical (unpaired) electrons. The molecule has 0 aliphatic rings. The molecule has 2 N–H and O–H groups in total. The zero-order valence-corrected chi connectivity index (χ0v) is 20.2. The summed E-state index contributed by atoms with van der Waals surface area (Å²) in [6.07, 6.45) is -2.51. The van der Waals surface area contributed by atoms with E-state index in [4.69, 9.17) is 4.74 Å². The number of rotatable bonds is 9. The molecule has 0 spiro atoms. The standard InChI is InChI=1S/C21H28F3N5O.HI/c1-4-29(5-2)19-11-8-17(13-26-19)14-28-20(25-3)27-12-16-6-9-18(10-7-16)30-15-21(22,23)24;/h6-11,13H,4-5,12,14-15H2,1-3H3,(H2,25,27,28);1H. The Kier molecular flexibility index (Phi) is 11.4. The highest BCUT2D eigenvalue weighted by atomic mass is 127. The first-order chi connectivity index (χ1) is 14.3. The number of nitrogens with one attached hydrogen (secondary N) is 2. The lowest BCUT2D eigenvalue weighted by Crippen LogP contribution is -2.36. The number of hydrogen-bond donors (Lipinski definition) is 2. The number of ether oxygens (including phenoxy) is 1. The summed E-state index contributed by atoms with van der Waals surface area (Å²) in [6.45, 7) is 5.75. The van der Waals surface area contributed by atoms with Gasteiger partial charge in [-0.1, -0.05) is 18.2 Å². The second-order valence-electron chi connectivity index (χ2n) is 6.52. The number of halogens is 4. The second kappa shape index (κ2) is 13.2. The van der Waals surface area contributed by atoms with Crippen LogP contribution in [0.25, 0.3) is 0 Å². The third kappa shape index (κ3) is 9.62. The molecule has 0 aliphatic carbocycles. The summed E-state index contributed by atoms with van der Waals surface area (Å²) < 4.78 is 41.3. The molecule has 1 heterocycles. The summed E-state index contributed by atoms with van der Waals surface area (Å²) in [5.74, 6) is 1.74. The fourth-order valence-electron chi connectivity index (χ4n) is 2.72. The van der Waals surface area contributed by atoms with Crippen molar-refractivity contribution < 1.29 is 17.9 Å². The van der Waals surface area contributed by atoms with E-state index in [1.807, 2.05) is 18.3 Å². The first-order valence-corrected chi connectivity index (χ1v) is 9.77. The topological polar surface area (TPSA) is 61.8 Å². The van der Waals surface area contributed by atoms with Crippen LogP contribution in [0.1, 0.15) is 25.0 Å². The molecule has 0 saturated carbocycles. The van der Waals surface area contributed by atoms with Crippen LogP contribution in [0.5, 0.6) is 5.75 Å². The number of benzene rings is 1. The van der Waals surface area contributed by atoms with E-state index >= 15 is 0 Å². The number of nitrogens with zero attached hydrogens (tertiary/aromatic N) is 3. The largest absolute Gasteiger partial charge is 0.484 e. The Hall–Kier alpha value is -2.24. The Morgan fingerprint density at radius 1 is 1.00 bits per heavy atom. The zero-order valence-electron chi connectivity index (χ0n) is 17.9. The number of hydrogen-bond acceptors (Lipinski definition) is 4. The first-order valence-electron chi connectivity index (χ1n) is 9.77. The quantitative estimate of drug-likeness (QED) is 0.276. The van der Waals surface area contributed by atoms with Crippen LogP contribution in [0.15, 0.2) is 47.6 Å². The van der Waals surface area contributed by atoms with Crippen molar-refractivity contribution in [2.45, 2.75) is 33.1 Å². The molecule has 6 nitrogen and oxygen atoms in total. The van der Waals surface area contributed by atoms with Crippen molar-refractivity contribution in [1.82, 2.24) is 15.6 Å². The minimum Gasteiger partial charge on any atom is -0.484 e. The van der Waals surface area contributed by atoms with Gasteiger partial charge in [0, 0.05) is 39.4 Å². The second-order valence-corrected chi connectivity index (χ2v) is 6.52. The number of aliphatic imine (C=N–C) groups is 1. The van der Waals surface area contributed by atoms with E-state index in [9.17, 15) is 13.2 Å². The van der Waals surface area contributed by atoms with Gasteiger partial charge in [-0.2, -0.15) is 13.2 Å². The molecule has 0 saturated heterocycles. The summed E-state index contributed by atoms with van der Waals surface area (Å²) in [5.41, 5.74) is 1.92. The SMILES string of the molecule is CCN(CC)c1ccc(CNC(=NC)NCc2ccc(OCC(F)(F)F)cc2)cn1.I. The van der Waals surface area contributed by atoms with Gasteiger partial charge in [-0.25, -0.2) is 4.98 Å². The van der Waals surface area contributed by atoms with Crippen molar-refractivity contribution in [2.75, 3.05) is 31.6 Å². The Morgan fingerprint density at radius 3 is 2.06 bits per heavy atom. The fraction of sp³-hybridized carbons (Fsp3) is 0.429. The molecular weight excluding hydrogens is 522 g/mol. The summed E-state index contributed by atoms with van der Waals surface area (Å²) in [7, 11) is 1.67. The predicted molar refractivity (Wildman–Crippen MR) is 128 cm³/mol. The van der Waals surface area contributed by atoms with Crippen molar-refractivity contribution in [3.63, 3.8) is 0 Å². The molecule has 31 heavy (non-hydrogen) atoms. The summed E-state index contributed by atoms with van der Waals surface area (Å²) in [6, 6.07) is 10.5. The van der Waals surface area contributed by atoms with Crippen LogP contribution in [0.4, 0.5) is 19.0 Å². The Morgan fingerprint density at radius 2 is 1.58 bits per heavy atom. The highest BCUT2D eigenvalue weighted by Crippen LogP contribution is 2.18. The maximum atomic E-state index is 12.2. The number of aromatic nitrogens is 1. The van der Waals surface area contributed by atoms with Crippen LogP contribution in [-0.2, 0) is 13.1 Å². The molecule has 0 amide bonds. The molecule has 2 aromatic rings. The maximum Gasteiger partial charge on any atom is 0.422 e. The van der Waals surface area contributed by atoms with Crippen molar-refractivity contribution in [1.29, 1.82) is 0 Å². The van der Waals surface area contributed by atoms with Crippen LogP contribution < -0.4 is 20.3 Å². The van der Waals surface area contributed by atoms with Gasteiger partial charge in [-0.15, -0.1) is 24.0 Å². The summed E-state index contributed by atoms with van der Waals surface area (Å²) in [5, 5.41) is 6.39. The van der Waals surface area contributed by atoms with Crippen LogP contribution in [0.2, 0.25) is 0 Å². The van der Waals surface area contributed by atoms with Gasteiger partial charge >= 0.3 is 6.18 Å².